The highest BCUT2D eigenvalue weighted by atomic mass is 16.4. The lowest BCUT2D eigenvalue weighted by Gasteiger charge is -2.45. The van der Waals surface area contributed by atoms with Crippen LogP contribution < -0.4 is 0 Å². The molecule has 0 saturated heterocycles. The zero-order valence-electron chi connectivity index (χ0n) is 21.9. The van der Waals surface area contributed by atoms with Gasteiger partial charge in [-0.2, -0.15) is 0 Å². The van der Waals surface area contributed by atoms with Crippen molar-refractivity contribution in [3.8, 4) is 0 Å². The maximum Gasteiger partial charge on any atom is 0.317 e. The number of aryl methyl sites for hydroxylation is 1. The topological polar surface area (TPSA) is 196 Å². The lowest BCUT2D eigenvalue weighted by Crippen LogP contribution is -2.59. The van der Waals surface area contributed by atoms with E-state index in [0.717, 1.165) is 11.1 Å². The fraction of sp³-hybridized carbons (Fsp3) is 0.577. The van der Waals surface area contributed by atoms with Gasteiger partial charge >= 0.3 is 29.8 Å². The Morgan fingerprint density at radius 2 is 1.10 bits per heavy atom. The van der Waals surface area contributed by atoms with Crippen molar-refractivity contribution in [3.63, 3.8) is 0 Å². The van der Waals surface area contributed by atoms with E-state index in [0.29, 0.717) is 25.7 Å². The second kappa shape index (κ2) is 15.1. The number of nitrogens with zero attached hydrogens (tertiary/aromatic N) is 3. The Balaban J connectivity index is 2.48. The molecule has 0 unspecified atom stereocenters. The van der Waals surface area contributed by atoms with Crippen molar-refractivity contribution in [2.45, 2.75) is 57.2 Å². The van der Waals surface area contributed by atoms with Crippen molar-refractivity contribution in [3.05, 3.63) is 35.4 Å². The maximum absolute atomic E-state index is 11.9. The van der Waals surface area contributed by atoms with Crippen LogP contribution in [0.25, 0.3) is 0 Å². The van der Waals surface area contributed by atoms with E-state index in [4.69, 9.17) is 0 Å². The molecule has 0 heterocycles. The van der Waals surface area contributed by atoms with Crippen LogP contribution in [0.2, 0.25) is 0 Å². The smallest absolute Gasteiger partial charge is 0.317 e. The fourth-order valence-corrected chi connectivity index (χ4v) is 5.31. The van der Waals surface area contributed by atoms with Gasteiger partial charge in [0.2, 0.25) is 0 Å². The molecule has 5 N–H and O–H groups in total. The summed E-state index contributed by atoms with van der Waals surface area (Å²) in [6, 6.07) is 5.60. The van der Waals surface area contributed by atoms with Crippen molar-refractivity contribution in [1.82, 2.24) is 14.7 Å². The molecule has 0 amide bonds. The molecule has 13 nitrogen and oxygen atoms in total. The summed E-state index contributed by atoms with van der Waals surface area (Å²) in [5.74, 6) is -6.06. The summed E-state index contributed by atoms with van der Waals surface area (Å²) in [6.45, 7) is -0.815. The van der Waals surface area contributed by atoms with E-state index in [1.165, 1.54) is 9.80 Å². The molecule has 1 aromatic rings. The Kier molecular flexibility index (Phi) is 12.3. The molecule has 0 spiro atoms. The van der Waals surface area contributed by atoms with E-state index in [1.807, 2.05) is 31.2 Å². The van der Waals surface area contributed by atoms with Crippen LogP contribution >= 0.6 is 0 Å². The van der Waals surface area contributed by atoms with Crippen LogP contribution in [-0.2, 0) is 30.4 Å². The third-order valence-corrected chi connectivity index (χ3v) is 6.88. The van der Waals surface area contributed by atoms with Crippen molar-refractivity contribution >= 4 is 29.8 Å². The van der Waals surface area contributed by atoms with E-state index in [1.54, 1.807) is 4.90 Å². The number of hydrogen-bond acceptors (Lipinski definition) is 8. The van der Waals surface area contributed by atoms with Gasteiger partial charge in [0.05, 0.1) is 32.7 Å². The normalized spacial score (nSPS) is 18.3. The summed E-state index contributed by atoms with van der Waals surface area (Å²) >= 11 is 0. The Morgan fingerprint density at radius 1 is 0.692 bits per heavy atom. The minimum Gasteiger partial charge on any atom is -0.480 e. The highest BCUT2D eigenvalue weighted by molar-refractivity contribution is 5.73. The van der Waals surface area contributed by atoms with E-state index in [-0.39, 0.29) is 13.0 Å². The molecule has 0 radical (unpaired) electrons. The Bertz CT molecular complexity index is 984. The molecule has 1 aromatic carbocycles. The number of carboxylic acid groups (broad SMARTS) is 5. The molecule has 0 aromatic heterocycles. The summed E-state index contributed by atoms with van der Waals surface area (Å²) in [7, 11) is 0. The molecule has 216 valence electrons. The second-order valence-corrected chi connectivity index (χ2v) is 9.97. The number of aliphatic carboxylic acids is 5. The summed E-state index contributed by atoms with van der Waals surface area (Å²) in [4.78, 5) is 62.5. The van der Waals surface area contributed by atoms with Gasteiger partial charge in [-0.05, 0) is 31.7 Å². The van der Waals surface area contributed by atoms with Crippen LogP contribution in [0.3, 0.4) is 0 Å². The van der Waals surface area contributed by atoms with Crippen LogP contribution in [-0.4, -0.2) is 127 Å². The van der Waals surface area contributed by atoms with Gasteiger partial charge in [-0.1, -0.05) is 42.7 Å². The van der Waals surface area contributed by atoms with E-state index in [9.17, 15) is 49.5 Å². The monoisotopic (exact) mass is 551 g/mol. The molecular weight excluding hydrogens is 514 g/mol. The van der Waals surface area contributed by atoms with Crippen molar-refractivity contribution in [2.24, 2.45) is 0 Å². The number of carboxylic acids is 5. The molecule has 0 bridgehead atoms. The first-order chi connectivity index (χ1) is 18.3. The molecule has 0 aliphatic heterocycles. The van der Waals surface area contributed by atoms with Gasteiger partial charge in [-0.3, -0.25) is 38.7 Å². The minimum absolute atomic E-state index is 0.0180. The molecule has 1 saturated carbocycles. The Morgan fingerprint density at radius 3 is 1.54 bits per heavy atom. The average Bonchev–Trinajstić information content (AvgIpc) is 2.82. The molecule has 2 rings (SSSR count). The molecule has 3 atom stereocenters. The standard InChI is InChI=1S/C26H37N3O10/c1-17-6-8-18(9-7-17)10-19(27(12-22(30)31)13-23(32)33)11-28(14-24(34)35)20-4-2-3-5-21(20)29(15-25(36)37)16-26(38)39/h6-9,19-21H,2-5,10-16H2,1H3,(H,30,31)(H,32,33)(H,34,35)(H,36,37)(H,38,39)/t19-,20+,21+/m1/s1. The first-order valence-electron chi connectivity index (χ1n) is 12.7. The van der Waals surface area contributed by atoms with Crippen LogP contribution in [0.5, 0.6) is 0 Å². The molecule has 1 aliphatic rings. The predicted molar refractivity (Wildman–Crippen MR) is 138 cm³/mol. The quantitative estimate of drug-likeness (QED) is 0.180. The second-order valence-electron chi connectivity index (χ2n) is 9.97. The van der Waals surface area contributed by atoms with Gasteiger partial charge in [0.15, 0.2) is 0 Å². The number of carbonyl (C=O) groups is 5. The van der Waals surface area contributed by atoms with Crippen molar-refractivity contribution in [1.29, 1.82) is 0 Å². The SMILES string of the molecule is Cc1ccc(C[C@H](CN(CC(=O)O)[C@H]2CCCC[C@@H]2N(CC(=O)O)CC(=O)O)N(CC(=O)O)CC(=O)O)cc1. The molecule has 13 heteroatoms. The van der Waals surface area contributed by atoms with Gasteiger partial charge in [-0.25, -0.2) is 0 Å². The lowest BCUT2D eigenvalue weighted by atomic mass is 9.87. The molecule has 39 heavy (non-hydrogen) atoms. The van der Waals surface area contributed by atoms with Crippen molar-refractivity contribution < 1.29 is 49.5 Å². The van der Waals surface area contributed by atoms with Gasteiger partial charge in [0, 0.05) is 24.7 Å². The maximum atomic E-state index is 11.9. The van der Waals surface area contributed by atoms with Gasteiger partial charge in [0.25, 0.3) is 0 Å². The summed E-state index contributed by atoms with van der Waals surface area (Å²) in [6.07, 6.45) is 2.58. The minimum atomic E-state index is -1.24. The van der Waals surface area contributed by atoms with E-state index < -0.39 is 80.7 Å². The third kappa shape index (κ3) is 11.0. The van der Waals surface area contributed by atoms with E-state index in [2.05, 4.69) is 0 Å². The Hall–Kier alpha value is -3.55. The van der Waals surface area contributed by atoms with Gasteiger partial charge in [-0.15, -0.1) is 0 Å². The van der Waals surface area contributed by atoms with Crippen molar-refractivity contribution in [2.75, 3.05) is 39.3 Å². The zero-order valence-corrected chi connectivity index (χ0v) is 21.9. The summed E-state index contributed by atoms with van der Waals surface area (Å²) < 4.78 is 0. The van der Waals surface area contributed by atoms with Gasteiger partial charge < -0.3 is 25.5 Å². The molecule has 1 fully saturated rings. The zero-order chi connectivity index (χ0) is 29.1. The van der Waals surface area contributed by atoms with Crippen LogP contribution in [0, 0.1) is 6.92 Å². The third-order valence-electron chi connectivity index (χ3n) is 6.88. The van der Waals surface area contributed by atoms with Crippen LogP contribution in [0.15, 0.2) is 24.3 Å². The largest absolute Gasteiger partial charge is 0.480 e. The highest BCUT2D eigenvalue weighted by Gasteiger charge is 2.38. The average molecular weight is 552 g/mol. The first kappa shape index (κ1) is 31.7. The van der Waals surface area contributed by atoms with Crippen LogP contribution in [0.4, 0.5) is 0 Å². The predicted octanol–water partition coefficient (Wildman–Crippen LogP) is 0.546. The highest BCUT2D eigenvalue weighted by Crippen LogP contribution is 2.28. The first-order valence-corrected chi connectivity index (χ1v) is 12.7. The summed E-state index contributed by atoms with van der Waals surface area (Å²) in [5, 5.41) is 47.6. The van der Waals surface area contributed by atoms with E-state index >= 15 is 0 Å². The summed E-state index contributed by atoms with van der Waals surface area (Å²) in [5.41, 5.74) is 1.80. The number of benzene rings is 1. The van der Waals surface area contributed by atoms with Gasteiger partial charge in [0.1, 0.15) is 0 Å². The lowest BCUT2D eigenvalue weighted by molar-refractivity contribution is -0.146. The van der Waals surface area contributed by atoms with Crippen LogP contribution in [0.1, 0.15) is 36.8 Å². The number of rotatable bonds is 17. The number of hydrogen-bond donors (Lipinski definition) is 5. The Labute approximate surface area is 226 Å². The molecule has 1 aliphatic carbocycles. The fourth-order valence-electron chi connectivity index (χ4n) is 5.31. The molecular formula is C26H37N3O10.